The van der Waals surface area contributed by atoms with Crippen molar-refractivity contribution in [3.63, 3.8) is 0 Å². The molecule has 3 heteroatoms. The summed E-state index contributed by atoms with van der Waals surface area (Å²) >= 11 is 0. The Bertz CT molecular complexity index is 431. The molecule has 3 nitrogen and oxygen atoms in total. The summed E-state index contributed by atoms with van der Waals surface area (Å²) in [4.78, 5) is 10.5. The van der Waals surface area contributed by atoms with E-state index >= 15 is 0 Å². The monoisotopic (exact) mass is 289 g/mol. The molecule has 1 aromatic carbocycles. The van der Waals surface area contributed by atoms with Gasteiger partial charge in [0, 0.05) is 30.6 Å². The largest absolute Gasteiger partial charge is 0.508 e. The minimum atomic E-state index is 0.339. The van der Waals surface area contributed by atoms with E-state index < -0.39 is 0 Å². The van der Waals surface area contributed by atoms with E-state index in [1.165, 1.54) is 38.5 Å². The van der Waals surface area contributed by atoms with Crippen LogP contribution in [0.2, 0.25) is 0 Å². The summed E-state index contributed by atoms with van der Waals surface area (Å²) in [6.07, 6.45) is 11.8. The molecule has 0 heterocycles. The number of hydrogen-bond acceptors (Lipinski definition) is 3. The van der Waals surface area contributed by atoms with Gasteiger partial charge in [0.15, 0.2) is 0 Å². The highest BCUT2D eigenvalue weighted by Gasteiger charge is 2.12. The zero-order chi connectivity index (χ0) is 14.9. The quantitative estimate of drug-likeness (QED) is 0.832. The van der Waals surface area contributed by atoms with E-state index in [9.17, 15) is 9.90 Å². The van der Waals surface area contributed by atoms with Crippen LogP contribution in [0, 0.1) is 0 Å². The molecule has 0 aromatic heterocycles. The number of phenols is 1. The van der Waals surface area contributed by atoms with Crippen LogP contribution in [0.1, 0.15) is 64.2 Å². The molecular weight excluding hydrogens is 262 g/mol. The van der Waals surface area contributed by atoms with E-state index in [2.05, 4.69) is 5.32 Å². The predicted octanol–water partition coefficient (Wildman–Crippen LogP) is 4.66. The molecule has 2 N–H and O–H groups in total. The first kappa shape index (κ1) is 15.9. The fourth-order valence-corrected chi connectivity index (χ4v) is 3.02. The van der Waals surface area contributed by atoms with Gasteiger partial charge in [0.1, 0.15) is 11.5 Å². The maximum absolute atomic E-state index is 10.5. The van der Waals surface area contributed by atoms with E-state index in [1.807, 2.05) is 12.1 Å². The van der Waals surface area contributed by atoms with Crippen molar-refractivity contribution < 1.29 is 9.90 Å². The van der Waals surface area contributed by atoms with Crippen LogP contribution >= 0.6 is 0 Å². The van der Waals surface area contributed by atoms with Gasteiger partial charge in [0.05, 0.1) is 0 Å². The van der Waals surface area contributed by atoms with Crippen molar-refractivity contribution in [1.82, 2.24) is 0 Å². The smallest absolute Gasteiger partial charge is 0.132 e. The van der Waals surface area contributed by atoms with Crippen molar-refractivity contribution in [2.24, 2.45) is 0 Å². The first-order valence-electron chi connectivity index (χ1n) is 8.31. The molecule has 0 aliphatic heterocycles. The van der Waals surface area contributed by atoms with Crippen molar-refractivity contribution in [2.75, 3.05) is 5.32 Å². The maximum Gasteiger partial charge on any atom is 0.132 e. The number of benzene rings is 1. The number of aromatic hydroxyl groups is 1. The average Bonchev–Trinajstić information content (AvgIpc) is 2.50. The number of nitrogens with one attached hydrogen (secondary N) is 1. The van der Waals surface area contributed by atoms with Gasteiger partial charge >= 0.3 is 0 Å². The molecule has 21 heavy (non-hydrogen) atoms. The van der Waals surface area contributed by atoms with Gasteiger partial charge in [-0.05, 0) is 37.8 Å². The highest BCUT2D eigenvalue weighted by Crippen LogP contribution is 2.23. The Hall–Kier alpha value is -1.51. The Morgan fingerprint density at radius 1 is 0.952 bits per heavy atom. The highest BCUT2D eigenvalue weighted by molar-refractivity contribution is 5.78. The first-order chi connectivity index (χ1) is 10.2. The van der Waals surface area contributed by atoms with Crippen molar-refractivity contribution in [2.45, 2.75) is 70.3 Å². The molecule has 2 fully saturated rings. The summed E-state index contributed by atoms with van der Waals surface area (Å²) in [6.45, 7) is 0. The molecule has 2 saturated carbocycles. The number of hydrogen-bond donors (Lipinski definition) is 2. The average molecular weight is 289 g/mol. The number of anilines is 1. The Kier molecular flexibility index (Phi) is 6.58. The molecule has 116 valence electrons. The summed E-state index contributed by atoms with van der Waals surface area (Å²) in [7, 11) is 0. The van der Waals surface area contributed by atoms with Gasteiger partial charge in [0.2, 0.25) is 0 Å². The molecule has 0 spiro atoms. The third kappa shape index (κ3) is 6.19. The van der Waals surface area contributed by atoms with Crippen molar-refractivity contribution in [3.05, 3.63) is 24.3 Å². The second kappa shape index (κ2) is 8.71. The third-order valence-corrected chi connectivity index (χ3v) is 4.23. The second-order valence-electron chi connectivity index (χ2n) is 6.13. The summed E-state index contributed by atoms with van der Waals surface area (Å²) < 4.78 is 0. The molecule has 0 radical (unpaired) electrons. The van der Waals surface area contributed by atoms with Gasteiger partial charge in [-0.15, -0.1) is 0 Å². The number of rotatable bonds is 2. The molecular formula is C18H27NO2. The lowest BCUT2D eigenvalue weighted by molar-refractivity contribution is -0.120. The van der Waals surface area contributed by atoms with Crippen molar-refractivity contribution >= 4 is 11.5 Å². The Labute approximate surface area is 127 Å². The molecule has 0 unspecified atom stereocenters. The number of carbonyl (C=O) groups excluding carboxylic acids is 1. The summed E-state index contributed by atoms with van der Waals surface area (Å²) in [5.74, 6) is 0.803. The SMILES string of the molecule is O=C1CCCCC1.Oc1cccc(NC2CCCCC2)c1. The van der Waals surface area contributed by atoms with Crippen LogP contribution in [0.3, 0.4) is 0 Å². The Morgan fingerprint density at radius 3 is 2.19 bits per heavy atom. The molecule has 1 aromatic rings. The zero-order valence-corrected chi connectivity index (χ0v) is 12.8. The van der Waals surface area contributed by atoms with Gasteiger partial charge in [-0.3, -0.25) is 4.79 Å². The molecule has 0 bridgehead atoms. The van der Waals surface area contributed by atoms with E-state index in [1.54, 1.807) is 12.1 Å². The number of Topliss-reactive ketones (excluding diaryl/α,β-unsaturated/α-hetero) is 1. The van der Waals surface area contributed by atoms with Crippen LogP contribution in [-0.4, -0.2) is 16.9 Å². The van der Waals surface area contributed by atoms with Gasteiger partial charge in [-0.1, -0.05) is 31.7 Å². The summed E-state index contributed by atoms with van der Waals surface area (Å²) in [5.41, 5.74) is 1.04. The Morgan fingerprint density at radius 2 is 1.62 bits per heavy atom. The lowest BCUT2D eigenvalue weighted by Gasteiger charge is -2.23. The number of carbonyl (C=O) groups is 1. The van der Waals surface area contributed by atoms with Crippen LogP contribution in [-0.2, 0) is 4.79 Å². The van der Waals surface area contributed by atoms with E-state index in [0.29, 0.717) is 17.6 Å². The van der Waals surface area contributed by atoms with Crippen LogP contribution < -0.4 is 5.32 Å². The van der Waals surface area contributed by atoms with E-state index in [0.717, 1.165) is 31.4 Å². The van der Waals surface area contributed by atoms with Gasteiger partial charge in [0.25, 0.3) is 0 Å². The molecule has 0 amide bonds. The molecule has 2 aliphatic carbocycles. The van der Waals surface area contributed by atoms with Gasteiger partial charge in [-0.2, -0.15) is 0 Å². The van der Waals surface area contributed by atoms with E-state index in [4.69, 9.17) is 0 Å². The van der Waals surface area contributed by atoms with Crippen LogP contribution in [0.4, 0.5) is 5.69 Å². The van der Waals surface area contributed by atoms with Gasteiger partial charge < -0.3 is 10.4 Å². The number of phenolic OH excluding ortho intramolecular Hbond substituents is 1. The topological polar surface area (TPSA) is 49.3 Å². The minimum Gasteiger partial charge on any atom is -0.508 e. The standard InChI is InChI=1S/C12H17NO.C6H10O/c14-12-8-4-7-11(9-12)13-10-5-2-1-3-6-10;7-6-4-2-1-3-5-6/h4,7-10,13-14H,1-3,5-6H2;1-5H2. The minimum absolute atomic E-state index is 0.339. The molecule has 0 saturated heterocycles. The fourth-order valence-electron chi connectivity index (χ4n) is 3.02. The van der Waals surface area contributed by atoms with E-state index in [-0.39, 0.29) is 0 Å². The lowest BCUT2D eigenvalue weighted by Crippen LogP contribution is -2.21. The van der Waals surface area contributed by atoms with Crippen molar-refractivity contribution in [1.29, 1.82) is 0 Å². The van der Waals surface area contributed by atoms with Crippen LogP contribution in [0.25, 0.3) is 0 Å². The normalized spacial score (nSPS) is 19.5. The predicted molar refractivity (Wildman–Crippen MR) is 86.7 cm³/mol. The second-order valence-corrected chi connectivity index (χ2v) is 6.13. The zero-order valence-electron chi connectivity index (χ0n) is 12.8. The lowest BCUT2D eigenvalue weighted by atomic mass is 9.95. The first-order valence-corrected chi connectivity index (χ1v) is 8.31. The van der Waals surface area contributed by atoms with Crippen LogP contribution in [0.15, 0.2) is 24.3 Å². The molecule has 2 aliphatic rings. The Balaban J connectivity index is 0.000000194. The maximum atomic E-state index is 10.5. The number of ketones is 1. The van der Waals surface area contributed by atoms with Crippen molar-refractivity contribution in [3.8, 4) is 5.75 Å². The summed E-state index contributed by atoms with van der Waals surface area (Å²) in [5, 5.41) is 12.8. The molecule has 0 atom stereocenters. The fraction of sp³-hybridized carbons (Fsp3) is 0.611. The van der Waals surface area contributed by atoms with Crippen LogP contribution in [0.5, 0.6) is 5.75 Å². The summed E-state index contributed by atoms with van der Waals surface area (Å²) in [6, 6.07) is 7.97. The van der Waals surface area contributed by atoms with Gasteiger partial charge in [-0.25, -0.2) is 0 Å². The third-order valence-electron chi connectivity index (χ3n) is 4.23. The molecule has 3 rings (SSSR count). The highest BCUT2D eigenvalue weighted by atomic mass is 16.3.